The Kier molecular flexibility index (Phi) is 9.38. The van der Waals surface area contributed by atoms with Gasteiger partial charge in [-0.1, -0.05) is 64.7 Å². The monoisotopic (exact) mass is 280 g/mol. The second kappa shape index (κ2) is 10.9. The first-order valence-corrected chi connectivity index (χ1v) is 8.41. The Morgan fingerprint density at radius 2 is 1.60 bits per heavy atom. The van der Waals surface area contributed by atoms with Gasteiger partial charge in [0.05, 0.1) is 18.5 Å². The first kappa shape index (κ1) is 17.2. The van der Waals surface area contributed by atoms with Gasteiger partial charge in [0, 0.05) is 12.4 Å². The molecule has 0 radical (unpaired) electrons. The number of imidazole rings is 1. The van der Waals surface area contributed by atoms with Gasteiger partial charge in [-0.25, -0.2) is 4.98 Å². The van der Waals surface area contributed by atoms with Gasteiger partial charge in [-0.2, -0.15) is 0 Å². The molecule has 1 heterocycles. The van der Waals surface area contributed by atoms with Crippen molar-refractivity contribution >= 4 is 0 Å². The normalized spacial score (nSPS) is 14.3. The summed E-state index contributed by atoms with van der Waals surface area (Å²) in [6.45, 7) is 4.14. The second-order valence-corrected chi connectivity index (χ2v) is 5.93. The van der Waals surface area contributed by atoms with Crippen molar-refractivity contribution in [2.75, 3.05) is 0 Å². The Morgan fingerprint density at radius 3 is 2.10 bits per heavy atom. The number of aliphatic hydroxyl groups excluding tert-OH is 1. The Hall–Kier alpha value is -0.830. The molecule has 0 amide bonds. The standard InChI is InChI=1S/C17H32N2O/c1-3-4-5-6-7-8-9-10-11-12-17(16(2)20)19-14-13-18-15-19/h13-17,20H,3-12H2,1-2H3. The molecular weight excluding hydrogens is 248 g/mol. The molecule has 0 aliphatic rings. The van der Waals surface area contributed by atoms with Crippen LogP contribution in [-0.4, -0.2) is 20.8 Å². The summed E-state index contributed by atoms with van der Waals surface area (Å²) < 4.78 is 2.04. The SMILES string of the molecule is CCCCCCCCCCCC(C(C)O)n1ccnc1. The van der Waals surface area contributed by atoms with E-state index < -0.39 is 0 Å². The minimum atomic E-state index is -0.307. The van der Waals surface area contributed by atoms with Gasteiger partial charge in [-0.15, -0.1) is 0 Å². The van der Waals surface area contributed by atoms with Crippen LogP contribution in [0.2, 0.25) is 0 Å². The van der Waals surface area contributed by atoms with Crippen LogP contribution in [0.1, 0.15) is 84.1 Å². The van der Waals surface area contributed by atoms with E-state index in [-0.39, 0.29) is 12.1 Å². The number of aliphatic hydroxyl groups is 1. The van der Waals surface area contributed by atoms with Gasteiger partial charge in [-0.05, 0) is 13.3 Å². The molecule has 0 aliphatic heterocycles. The minimum absolute atomic E-state index is 0.182. The maximum atomic E-state index is 9.86. The van der Waals surface area contributed by atoms with Crippen molar-refractivity contribution in [1.82, 2.24) is 9.55 Å². The van der Waals surface area contributed by atoms with Crippen LogP contribution in [0.15, 0.2) is 18.7 Å². The van der Waals surface area contributed by atoms with E-state index in [2.05, 4.69) is 11.9 Å². The largest absolute Gasteiger partial charge is 0.391 e. The van der Waals surface area contributed by atoms with Crippen molar-refractivity contribution in [3.8, 4) is 0 Å². The van der Waals surface area contributed by atoms with E-state index in [1.54, 1.807) is 6.20 Å². The molecule has 20 heavy (non-hydrogen) atoms. The van der Waals surface area contributed by atoms with E-state index in [4.69, 9.17) is 0 Å². The Bertz CT molecular complexity index is 309. The van der Waals surface area contributed by atoms with Gasteiger partial charge in [0.1, 0.15) is 0 Å². The average Bonchev–Trinajstić information content (AvgIpc) is 2.94. The summed E-state index contributed by atoms with van der Waals surface area (Å²) in [4.78, 5) is 4.07. The highest BCUT2D eigenvalue weighted by Crippen LogP contribution is 2.20. The van der Waals surface area contributed by atoms with Crippen LogP contribution in [0, 0.1) is 0 Å². The predicted octanol–water partition coefficient (Wildman–Crippen LogP) is 4.73. The van der Waals surface area contributed by atoms with Crippen LogP contribution in [-0.2, 0) is 0 Å². The molecule has 0 saturated heterocycles. The Labute approximate surface area is 124 Å². The summed E-state index contributed by atoms with van der Waals surface area (Å²) in [5, 5.41) is 9.86. The van der Waals surface area contributed by atoms with Crippen molar-refractivity contribution < 1.29 is 5.11 Å². The van der Waals surface area contributed by atoms with Gasteiger partial charge in [0.25, 0.3) is 0 Å². The molecule has 2 unspecified atom stereocenters. The highest BCUT2D eigenvalue weighted by atomic mass is 16.3. The molecule has 3 heteroatoms. The van der Waals surface area contributed by atoms with Crippen LogP contribution in [0.25, 0.3) is 0 Å². The highest BCUT2D eigenvalue weighted by molar-refractivity contribution is 4.82. The van der Waals surface area contributed by atoms with Crippen LogP contribution in [0.5, 0.6) is 0 Å². The third-order valence-corrected chi connectivity index (χ3v) is 4.07. The lowest BCUT2D eigenvalue weighted by atomic mass is 10.0. The van der Waals surface area contributed by atoms with E-state index in [9.17, 15) is 5.11 Å². The summed E-state index contributed by atoms with van der Waals surface area (Å²) >= 11 is 0. The molecule has 1 aromatic heterocycles. The van der Waals surface area contributed by atoms with E-state index in [1.807, 2.05) is 24.0 Å². The molecule has 116 valence electrons. The number of hydrogen-bond acceptors (Lipinski definition) is 2. The third kappa shape index (κ3) is 7.09. The number of unbranched alkanes of at least 4 members (excludes halogenated alkanes) is 8. The number of nitrogens with zero attached hydrogens (tertiary/aromatic N) is 2. The summed E-state index contributed by atoms with van der Waals surface area (Å²) in [5.41, 5.74) is 0. The number of aromatic nitrogens is 2. The number of hydrogen-bond donors (Lipinski definition) is 1. The van der Waals surface area contributed by atoms with Crippen LogP contribution in [0.3, 0.4) is 0 Å². The zero-order valence-corrected chi connectivity index (χ0v) is 13.3. The third-order valence-electron chi connectivity index (χ3n) is 4.07. The van der Waals surface area contributed by atoms with Gasteiger partial charge in [-0.3, -0.25) is 0 Å². The topological polar surface area (TPSA) is 38.0 Å². The van der Waals surface area contributed by atoms with Crippen molar-refractivity contribution in [1.29, 1.82) is 0 Å². The zero-order chi connectivity index (χ0) is 14.6. The summed E-state index contributed by atoms with van der Waals surface area (Å²) in [6, 6.07) is 0.182. The fraction of sp³-hybridized carbons (Fsp3) is 0.824. The summed E-state index contributed by atoms with van der Waals surface area (Å²) in [6.07, 6.45) is 18.4. The van der Waals surface area contributed by atoms with Gasteiger partial charge in [0.2, 0.25) is 0 Å². The second-order valence-electron chi connectivity index (χ2n) is 5.93. The smallest absolute Gasteiger partial charge is 0.0949 e. The van der Waals surface area contributed by atoms with Crippen LogP contribution in [0.4, 0.5) is 0 Å². The lowest BCUT2D eigenvalue weighted by Gasteiger charge is -2.21. The molecule has 2 atom stereocenters. The Morgan fingerprint density at radius 1 is 1.00 bits per heavy atom. The van der Waals surface area contributed by atoms with Gasteiger partial charge >= 0.3 is 0 Å². The predicted molar refractivity (Wildman–Crippen MR) is 84.8 cm³/mol. The first-order chi connectivity index (χ1) is 9.75. The van der Waals surface area contributed by atoms with Crippen molar-refractivity contribution in [3.63, 3.8) is 0 Å². The molecule has 0 aliphatic carbocycles. The van der Waals surface area contributed by atoms with E-state index in [0.29, 0.717) is 0 Å². The molecule has 0 aromatic carbocycles. The van der Waals surface area contributed by atoms with Crippen LogP contribution >= 0.6 is 0 Å². The number of rotatable bonds is 12. The minimum Gasteiger partial charge on any atom is -0.391 e. The lowest BCUT2D eigenvalue weighted by Crippen LogP contribution is -2.20. The summed E-state index contributed by atoms with van der Waals surface area (Å²) in [7, 11) is 0. The summed E-state index contributed by atoms with van der Waals surface area (Å²) in [5.74, 6) is 0. The molecular formula is C17H32N2O. The maximum absolute atomic E-state index is 9.86. The molecule has 0 saturated carbocycles. The fourth-order valence-corrected chi connectivity index (χ4v) is 2.77. The molecule has 1 N–H and O–H groups in total. The van der Waals surface area contributed by atoms with Crippen molar-refractivity contribution in [2.24, 2.45) is 0 Å². The van der Waals surface area contributed by atoms with E-state index in [1.165, 1.54) is 57.8 Å². The molecule has 0 fully saturated rings. The highest BCUT2D eigenvalue weighted by Gasteiger charge is 2.15. The average molecular weight is 280 g/mol. The zero-order valence-electron chi connectivity index (χ0n) is 13.3. The molecule has 1 aromatic rings. The molecule has 0 bridgehead atoms. The van der Waals surface area contributed by atoms with Crippen molar-refractivity contribution in [3.05, 3.63) is 18.7 Å². The maximum Gasteiger partial charge on any atom is 0.0949 e. The molecule has 1 rings (SSSR count). The molecule has 3 nitrogen and oxygen atoms in total. The van der Waals surface area contributed by atoms with Gasteiger partial charge in [0.15, 0.2) is 0 Å². The van der Waals surface area contributed by atoms with Crippen LogP contribution < -0.4 is 0 Å². The van der Waals surface area contributed by atoms with E-state index in [0.717, 1.165) is 6.42 Å². The fourth-order valence-electron chi connectivity index (χ4n) is 2.77. The lowest BCUT2D eigenvalue weighted by molar-refractivity contribution is 0.122. The van der Waals surface area contributed by atoms with E-state index >= 15 is 0 Å². The van der Waals surface area contributed by atoms with Crippen molar-refractivity contribution in [2.45, 2.75) is 90.2 Å². The quantitative estimate of drug-likeness (QED) is 0.562. The van der Waals surface area contributed by atoms with Gasteiger partial charge < -0.3 is 9.67 Å². The first-order valence-electron chi connectivity index (χ1n) is 8.41. The molecule has 0 spiro atoms. The Balaban J connectivity index is 2.04.